The largest absolute Gasteiger partial charge is 0.364 e. The number of thioether (sulfide) groups is 1. The molecule has 0 radical (unpaired) electrons. The van der Waals surface area contributed by atoms with Crippen LogP contribution in [0.1, 0.15) is 26.5 Å². The Labute approximate surface area is 126 Å². The number of anilines is 1. The van der Waals surface area contributed by atoms with Gasteiger partial charge in [0.15, 0.2) is 0 Å². The molecule has 7 heteroatoms. The molecule has 6 nitrogen and oxygen atoms in total. The molecular formula is C14H16N4O2S. The van der Waals surface area contributed by atoms with E-state index >= 15 is 0 Å². The summed E-state index contributed by atoms with van der Waals surface area (Å²) in [6, 6.07) is 5.21. The van der Waals surface area contributed by atoms with Crippen molar-refractivity contribution in [3.05, 3.63) is 47.5 Å². The van der Waals surface area contributed by atoms with Crippen LogP contribution >= 0.6 is 11.8 Å². The molecule has 2 heterocycles. The van der Waals surface area contributed by atoms with E-state index < -0.39 is 5.91 Å². The summed E-state index contributed by atoms with van der Waals surface area (Å²) in [6.45, 7) is 0. The normalized spacial score (nSPS) is 10.4. The topological polar surface area (TPSA) is 90.0 Å². The number of aromatic nitrogens is 2. The number of rotatable bonds is 5. The molecule has 0 aromatic carbocycles. The standard InChI is InChI=1S/C14H16N4O2S/c1-18-7-10(6-11(18)13(15)19)17-14(20)12-9(8-21-2)4-3-5-16-12/h3-7H,8H2,1-2H3,(H2,15,19)(H,17,20). The first-order chi connectivity index (χ1) is 10.0. The summed E-state index contributed by atoms with van der Waals surface area (Å²) in [5.41, 5.74) is 7.34. The van der Waals surface area contributed by atoms with Gasteiger partial charge in [0.2, 0.25) is 0 Å². The zero-order valence-corrected chi connectivity index (χ0v) is 12.6. The van der Waals surface area contributed by atoms with Gasteiger partial charge < -0.3 is 15.6 Å². The highest BCUT2D eigenvalue weighted by atomic mass is 32.2. The minimum atomic E-state index is -0.543. The van der Waals surface area contributed by atoms with Crippen LogP contribution in [0.25, 0.3) is 0 Å². The van der Waals surface area contributed by atoms with Gasteiger partial charge in [-0.3, -0.25) is 14.6 Å². The molecule has 0 aliphatic rings. The van der Waals surface area contributed by atoms with E-state index in [1.165, 1.54) is 6.07 Å². The fourth-order valence-corrected chi connectivity index (χ4v) is 2.53. The number of nitrogens with one attached hydrogen (secondary N) is 1. The first-order valence-electron chi connectivity index (χ1n) is 6.23. The van der Waals surface area contributed by atoms with Crippen molar-refractivity contribution in [1.29, 1.82) is 0 Å². The maximum absolute atomic E-state index is 12.3. The van der Waals surface area contributed by atoms with Gasteiger partial charge in [-0.2, -0.15) is 11.8 Å². The Bertz CT molecular complexity index is 681. The Morgan fingerprint density at radius 2 is 2.24 bits per heavy atom. The Balaban J connectivity index is 2.22. The number of hydrogen-bond acceptors (Lipinski definition) is 4. The van der Waals surface area contributed by atoms with Crippen molar-refractivity contribution in [3.8, 4) is 0 Å². The summed E-state index contributed by atoms with van der Waals surface area (Å²) in [4.78, 5) is 27.6. The average Bonchev–Trinajstić information content (AvgIpc) is 2.80. The molecule has 0 fully saturated rings. The van der Waals surface area contributed by atoms with Crippen molar-refractivity contribution in [2.24, 2.45) is 12.8 Å². The molecule has 110 valence electrons. The molecule has 0 saturated carbocycles. The number of carbonyl (C=O) groups is 2. The van der Waals surface area contributed by atoms with Crippen molar-refractivity contribution >= 4 is 29.3 Å². The molecule has 2 aromatic rings. The number of aryl methyl sites for hydroxylation is 1. The molecule has 0 atom stereocenters. The number of nitrogens with two attached hydrogens (primary N) is 1. The van der Waals surface area contributed by atoms with Crippen LogP contribution in [0.5, 0.6) is 0 Å². The maximum atomic E-state index is 12.3. The van der Waals surface area contributed by atoms with Crippen molar-refractivity contribution in [2.45, 2.75) is 5.75 Å². The van der Waals surface area contributed by atoms with Crippen LogP contribution in [-0.2, 0) is 12.8 Å². The van der Waals surface area contributed by atoms with Crippen molar-refractivity contribution in [3.63, 3.8) is 0 Å². The molecule has 2 amide bonds. The average molecular weight is 304 g/mol. The number of amides is 2. The summed E-state index contributed by atoms with van der Waals surface area (Å²) in [7, 11) is 1.69. The van der Waals surface area contributed by atoms with E-state index in [4.69, 9.17) is 5.73 Å². The van der Waals surface area contributed by atoms with Crippen molar-refractivity contribution in [1.82, 2.24) is 9.55 Å². The molecule has 0 unspecified atom stereocenters. The van der Waals surface area contributed by atoms with E-state index in [0.29, 0.717) is 22.8 Å². The SMILES string of the molecule is CSCc1cccnc1C(=O)Nc1cc(C(N)=O)n(C)c1. The predicted molar refractivity (Wildman–Crippen MR) is 83.3 cm³/mol. The second-order valence-electron chi connectivity index (χ2n) is 4.49. The van der Waals surface area contributed by atoms with Gasteiger partial charge in [0, 0.05) is 25.2 Å². The van der Waals surface area contributed by atoms with E-state index in [9.17, 15) is 9.59 Å². The number of pyridine rings is 1. The van der Waals surface area contributed by atoms with Gasteiger partial charge in [-0.05, 0) is 24.0 Å². The van der Waals surface area contributed by atoms with Gasteiger partial charge in [-0.1, -0.05) is 6.07 Å². The minimum absolute atomic E-state index is 0.304. The van der Waals surface area contributed by atoms with Crippen LogP contribution in [0.3, 0.4) is 0 Å². The number of primary amides is 1. The van der Waals surface area contributed by atoms with Gasteiger partial charge in [0.1, 0.15) is 11.4 Å². The molecule has 0 aliphatic carbocycles. The third kappa shape index (κ3) is 3.43. The minimum Gasteiger partial charge on any atom is -0.364 e. The van der Waals surface area contributed by atoms with E-state index in [-0.39, 0.29) is 5.91 Å². The Morgan fingerprint density at radius 1 is 1.48 bits per heavy atom. The summed E-state index contributed by atoms with van der Waals surface area (Å²) in [5, 5.41) is 2.73. The van der Waals surface area contributed by atoms with Gasteiger partial charge in [-0.15, -0.1) is 0 Å². The third-order valence-corrected chi connectivity index (χ3v) is 3.52. The monoisotopic (exact) mass is 304 g/mol. The Kier molecular flexibility index (Phi) is 4.64. The fourth-order valence-electron chi connectivity index (χ4n) is 1.98. The third-order valence-electron chi connectivity index (χ3n) is 2.92. The van der Waals surface area contributed by atoms with Crippen molar-refractivity contribution in [2.75, 3.05) is 11.6 Å². The summed E-state index contributed by atoms with van der Waals surface area (Å²) in [6.07, 6.45) is 5.18. The quantitative estimate of drug-likeness (QED) is 0.878. The maximum Gasteiger partial charge on any atom is 0.274 e. The van der Waals surface area contributed by atoms with Crippen LogP contribution < -0.4 is 11.1 Å². The van der Waals surface area contributed by atoms with Gasteiger partial charge in [0.05, 0.1) is 5.69 Å². The first kappa shape index (κ1) is 15.1. The second-order valence-corrected chi connectivity index (χ2v) is 5.35. The molecule has 0 bridgehead atoms. The summed E-state index contributed by atoms with van der Waals surface area (Å²) >= 11 is 1.62. The van der Waals surface area contributed by atoms with Crippen LogP contribution in [0.2, 0.25) is 0 Å². The summed E-state index contributed by atoms with van der Waals surface area (Å²) < 4.78 is 1.57. The van der Waals surface area contributed by atoms with Gasteiger partial charge in [-0.25, -0.2) is 0 Å². The number of carbonyl (C=O) groups excluding carboxylic acids is 2. The smallest absolute Gasteiger partial charge is 0.274 e. The lowest BCUT2D eigenvalue weighted by Crippen LogP contribution is -2.15. The second kappa shape index (κ2) is 6.45. The van der Waals surface area contributed by atoms with Crippen LogP contribution in [-0.4, -0.2) is 27.6 Å². The highest BCUT2D eigenvalue weighted by molar-refractivity contribution is 7.97. The van der Waals surface area contributed by atoms with E-state index in [1.807, 2.05) is 12.3 Å². The lowest BCUT2D eigenvalue weighted by atomic mass is 10.2. The summed E-state index contributed by atoms with van der Waals surface area (Å²) in [5.74, 6) is -0.141. The molecule has 2 aromatic heterocycles. The van der Waals surface area contributed by atoms with E-state index in [0.717, 1.165) is 5.56 Å². The number of nitrogens with zero attached hydrogens (tertiary/aromatic N) is 2. The van der Waals surface area contributed by atoms with E-state index in [1.54, 1.807) is 41.8 Å². The van der Waals surface area contributed by atoms with Crippen molar-refractivity contribution < 1.29 is 9.59 Å². The molecule has 2 rings (SSSR count). The molecule has 21 heavy (non-hydrogen) atoms. The van der Waals surface area contributed by atoms with E-state index in [2.05, 4.69) is 10.3 Å². The molecule has 3 N–H and O–H groups in total. The fraction of sp³-hybridized carbons (Fsp3) is 0.214. The molecule has 0 aliphatic heterocycles. The molecular weight excluding hydrogens is 288 g/mol. The molecule has 0 spiro atoms. The predicted octanol–water partition coefficient (Wildman–Crippen LogP) is 1.63. The lowest BCUT2D eigenvalue weighted by molar-refractivity contribution is 0.0989. The van der Waals surface area contributed by atoms with Crippen LogP contribution in [0.15, 0.2) is 30.6 Å². The Hall–Kier alpha value is -2.28. The highest BCUT2D eigenvalue weighted by Crippen LogP contribution is 2.16. The zero-order valence-electron chi connectivity index (χ0n) is 11.8. The molecule has 0 saturated heterocycles. The highest BCUT2D eigenvalue weighted by Gasteiger charge is 2.15. The first-order valence-corrected chi connectivity index (χ1v) is 7.62. The zero-order chi connectivity index (χ0) is 15.4. The van der Waals surface area contributed by atoms with Gasteiger partial charge in [0.25, 0.3) is 11.8 Å². The van der Waals surface area contributed by atoms with Gasteiger partial charge >= 0.3 is 0 Å². The Morgan fingerprint density at radius 3 is 2.86 bits per heavy atom. The number of hydrogen-bond donors (Lipinski definition) is 2. The van der Waals surface area contributed by atoms with Crippen LogP contribution in [0.4, 0.5) is 5.69 Å². The van der Waals surface area contributed by atoms with Crippen LogP contribution in [0, 0.1) is 0 Å². The lowest BCUT2D eigenvalue weighted by Gasteiger charge is -2.07.